The summed E-state index contributed by atoms with van der Waals surface area (Å²) >= 11 is 0. The van der Waals surface area contributed by atoms with Crippen molar-refractivity contribution in [3.63, 3.8) is 0 Å². The van der Waals surface area contributed by atoms with E-state index < -0.39 is 41.6 Å². The van der Waals surface area contributed by atoms with Crippen LogP contribution in [0.5, 0.6) is 0 Å². The second kappa shape index (κ2) is 6.20. The van der Waals surface area contributed by atoms with Crippen LogP contribution in [0.3, 0.4) is 0 Å². The maximum absolute atomic E-state index is 12.8. The number of hydrogen-bond donors (Lipinski definition) is 1. The first-order valence-corrected chi connectivity index (χ1v) is 8.75. The molecular weight excluding hydrogens is 336 g/mol. The van der Waals surface area contributed by atoms with Gasteiger partial charge in [0.1, 0.15) is 12.2 Å². The molecule has 0 aromatic carbocycles. The van der Waals surface area contributed by atoms with Crippen LogP contribution in [0.15, 0.2) is 36.0 Å². The molecule has 0 aromatic heterocycles. The van der Waals surface area contributed by atoms with Gasteiger partial charge in [0.25, 0.3) is 0 Å². The molecule has 6 heteroatoms. The number of hydrogen-bond acceptors (Lipinski definition) is 6. The molecule has 1 saturated heterocycles. The molecule has 6 nitrogen and oxygen atoms in total. The molecule has 1 N–H and O–H groups in total. The van der Waals surface area contributed by atoms with E-state index in [1.54, 1.807) is 26.8 Å². The Bertz CT molecular complexity index is 743. The van der Waals surface area contributed by atoms with Crippen LogP contribution in [0.1, 0.15) is 27.7 Å². The topological polar surface area (TPSA) is 89.9 Å². The number of aliphatic hydroxyl groups excluding tert-OH is 1. The van der Waals surface area contributed by atoms with E-state index in [1.807, 2.05) is 6.92 Å². The second-order valence-corrected chi connectivity index (χ2v) is 7.88. The number of allylic oxidation sites excluding steroid dienone is 3. The lowest BCUT2D eigenvalue weighted by molar-refractivity contribution is -0.160. The molecule has 0 aromatic rings. The Kier molecular flexibility index (Phi) is 4.43. The van der Waals surface area contributed by atoms with Gasteiger partial charge >= 0.3 is 11.9 Å². The molecule has 26 heavy (non-hydrogen) atoms. The number of esters is 2. The predicted molar refractivity (Wildman–Crippen MR) is 92.7 cm³/mol. The first-order valence-electron chi connectivity index (χ1n) is 8.75. The summed E-state index contributed by atoms with van der Waals surface area (Å²) in [6, 6.07) is 0. The summed E-state index contributed by atoms with van der Waals surface area (Å²) in [5.41, 5.74) is -0.219. The van der Waals surface area contributed by atoms with Crippen molar-refractivity contribution in [1.29, 1.82) is 0 Å². The minimum atomic E-state index is -1.10. The van der Waals surface area contributed by atoms with E-state index in [2.05, 4.69) is 6.58 Å². The molecule has 2 fully saturated rings. The van der Waals surface area contributed by atoms with Crippen LogP contribution in [0.4, 0.5) is 0 Å². The summed E-state index contributed by atoms with van der Waals surface area (Å²) < 4.78 is 11.1. The largest absolute Gasteiger partial charge is 0.457 e. The van der Waals surface area contributed by atoms with E-state index in [0.29, 0.717) is 0 Å². The highest BCUT2D eigenvalue weighted by atomic mass is 16.6. The molecule has 0 radical (unpaired) electrons. The van der Waals surface area contributed by atoms with Crippen molar-refractivity contribution in [2.24, 2.45) is 23.2 Å². The zero-order valence-electron chi connectivity index (χ0n) is 15.4. The van der Waals surface area contributed by atoms with Gasteiger partial charge in [-0.25, -0.2) is 9.59 Å². The Labute approximate surface area is 152 Å². The van der Waals surface area contributed by atoms with Crippen LogP contribution in [0, 0.1) is 23.2 Å². The third-order valence-corrected chi connectivity index (χ3v) is 5.95. The zero-order chi connectivity index (χ0) is 19.4. The van der Waals surface area contributed by atoms with Gasteiger partial charge in [0, 0.05) is 11.6 Å². The lowest BCUT2D eigenvalue weighted by Crippen LogP contribution is -2.49. The first-order chi connectivity index (χ1) is 12.1. The minimum Gasteiger partial charge on any atom is -0.457 e. The predicted octanol–water partition coefficient (Wildman–Crippen LogP) is 1.73. The summed E-state index contributed by atoms with van der Waals surface area (Å²) in [4.78, 5) is 37.3. The maximum Gasteiger partial charge on any atom is 0.334 e. The molecule has 2 aliphatic carbocycles. The number of ether oxygens (including phenoxy) is 2. The van der Waals surface area contributed by atoms with Crippen molar-refractivity contribution in [2.75, 3.05) is 0 Å². The fourth-order valence-electron chi connectivity index (χ4n) is 4.51. The van der Waals surface area contributed by atoms with E-state index in [1.165, 1.54) is 12.2 Å². The van der Waals surface area contributed by atoms with Crippen LogP contribution in [0.25, 0.3) is 0 Å². The molecule has 1 aliphatic heterocycles. The van der Waals surface area contributed by atoms with Gasteiger partial charge in [-0.15, -0.1) is 0 Å². The van der Waals surface area contributed by atoms with Crippen molar-refractivity contribution in [1.82, 2.24) is 0 Å². The minimum absolute atomic E-state index is 0.123. The number of fused-ring (bicyclic) bond motifs is 2. The Balaban J connectivity index is 2.12. The summed E-state index contributed by atoms with van der Waals surface area (Å²) in [5.74, 6) is -2.88. The molecule has 0 bridgehead atoms. The van der Waals surface area contributed by atoms with Crippen LogP contribution >= 0.6 is 0 Å². The first kappa shape index (κ1) is 18.6. The van der Waals surface area contributed by atoms with Gasteiger partial charge in [-0.05, 0) is 38.7 Å². The fourth-order valence-corrected chi connectivity index (χ4v) is 4.51. The average molecular weight is 360 g/mol. The maximum atomic E-state index is 12.8. The van der Waals surface area contributed by atoms with Crippen LogP contribution < -0.4 is 0 Å². The van der Waals surface area contributed by atoms with Gasteiger partial charge in [0.05, 0.1) is 17.4 Å². The third kappa shape index (κ3) is 2.55. The van der Waals surface area contributed by atoms with Crippen LogP contribution in [0.2, 0.25) is 0 Å². The summed E-state index contributed by atoms with van der Waals surface area (Å²) in [6.45, 7) is 10.8. The van der Waals surface area contributed by atoms with E-state index in [-0.39, 0.29) is 23.2 Å². The van der Waals surface area contributed by atoms with Crippen molar-refractivity contribution in [2.45, 2.75) is 46.0 Å². The monoisotopic (exact) mass is 360 g/mol. The average Bonchev–Trinajstić information content (AvgIpc) is 2.99. The summed E-state index contributed by atoms with van der Waals surface area (Å²) in [5, 5.41) is 10.8. The van der Waals surface area contributed by atoms with Crippen LogP contribution in [-0.2, 0) is 23.9 Å². The van der Waals surface area contributed by atoms with E-state index in [0.717, 1.165) is 5.57 Å². The van der Waals surface area contributed by atoms with Gasteiger partial charge in [-0.3, -0.25) is 4.79 Å². The standard InChI is InChI=1S/C20H24O6/c1-9(2)8-14(22)25-18-15-11(4)19(24)26-17(15)16(23)10(3)12-6-7-13(21)20(12,18)5/h6-8,10,12,15-18,23H,4H2,1-3,5H3/t10-,12-,15+,16-,17+,18-,20-/m1/s1. The Morgan fingerprint density at radius 1 is 1.38 bits per heavy atom. The highest BCUT2D eigenvalue weighted by Gasteiger charge is 2.64. The third-order valence-electron chi connectivity index (χ3n) is 5.95. The molecule has 0 spiro atoms. The quantitative estimate of drug-likeness (QED) is 0.596. The number of carbonyl (C=O) groups is 3. The SMILES string of the molecule is C=C1C(=O)O[C@@H]2[C@H](O)[C@H](C)[C@H]3C=CC(=O)[C@]3(C)[C@H](OC(=O)C=C(C)C)[C@@H]12. The number of ketones is 1. The molecule has 3 rings (SSSR count). The molecule has 0 amide bonds. The van der Waals surface area contributed by atoms with Gasteiger partial charge in [0.15, 0.2) is 5.78 Å². The number of rotatable bonds is 2. The Morgan fingerprint density at radius 2 is 2.04 bits per heavy atom. The van der Waals surface area contributed by atoms with E-state index in [9.17, 15) is 19.5 Å². The second-order valence-electron chi connectivity index (χ2n) is 7.88. The fraction of sp³-hybridized carbons (Fsp3) is 0.550. The lowest BCUT2D eigenvalue weighted by Gasteiger charge is -2.39. The highest BCUT2D eigenvalue weighted by Crippen LogP contribution is 2.54. The summed E-state index contributed by atoms with van der Waals surface area (Å²) in [6.07, 6.45) is 1.72. The Morgan fingerprint density at radius 3 is 2.65 bits per heavy atom. The number of aliphatic hydroxyl groups is 1. The van der Waals surface area contributed by atoms with Crippen molar-refractivity contribution in [3.8, 4) is 0 Å². The molecule has 1 heterocycles. The van der Waals surface area contributed by atoms with Crippen LogP contribution in [-0.4, -0.2) is 41.1 Å². The van der Waals surface area contributed by atoms with E-state index >= 15 is 0 Å². The van der Waals surface area contributed by atoms with E-state index in [4.69, 9.17) is 9.47 Å². The molecule has 1 saturated carbocycles. The normalized spacial score (nSPS) is 41.2. The molecule has 7 atom stereocenters. The summed E-state index contributed by atoms with van der Waals surface area (Å²) in [7, 11) is 0. The van der Waals surface area contributed by atoms with Crippen molar-refractivity contribution < 1.29 is 29.0 Å². The number of carbonyl (C=O) groups excluding carboxylic acids is 3. The van der Waals surface area contributed by atoms with Gasteiger partial charge in [-0.2, -0.15) is 0 Å². The van der Waals surface area contributed by atoms with Crippen molar-refractivity contribution >= 4 is 17.7 Å². The van der Waals surface area contributed by atoms with Gasteiger partial charge in [-0.1, -0.05) is 25.2 Å². The zero-order valence-corrected chi connectivity index (χ0v) is 15.4. The Hall–Kier alpha value is -2.21. The van der Waals surface area contributed by atoms with Gasteiger partial charge < -0.3 is 14.6 Å². The molecular formula is C20H24O6. The van der Waals surface area contributed by atoms with Gasteiger partial charge in [0.2, 0.25) is 0 Å². The molecule has 140 valence electrons. The lowest BCUT2D eigenvalue weighted by atomic mass is 9.67. The molecule has 3 aliphatic rings. The highest BCUT2D eigenvalue weighted by molar-refractivity contribution is 5.99. The van der Waals surface area contributed by atoms with Crippen molar-refractivity contribution in [3.05, 3.63) is 36.0 Å². The molecule has 0 unspecified atom stereocenters. The smallest absolute Gasteiger partial charge is 0.334 e.